The minimum Gasteiger partial charge on any atom is -0.357 e. The Hall–Kier alpha value is -1.09. The fourth-order valence-electron chi connectivity index (χ4n) is 2.58. The number of aryl methyl sites for hydroxylation is 3. The Balaban J connectivity index is 0.00000312. The summed E-state index contributed by atoms with van der Waals surface area (Å²) in [6, 6.07) is 4.76. The Labute approximate surface area is 172 Å². The topological polar surface area (TPSA) is 54.2 Å². The summed E-state index contributed by atoms with van der Waals surface area (Å²) >= 11 is 1.87. The molecule has 0 aliphatic heterocycles. The molecule has 1 unspecified atom stereocenters. The third kappa shape index (κ3) is 8.22. The molecule has 5 nitrogen and oxygen atoms in total. The highest BCUT2D eigenvalue weighted by molar-refractivity contribution is 14.0. The van der Waals surface area contributed by atoms with Gasteiger partial charge in [-0.15, -0.1) is 35.3 Å². The van der Waals surface area contributed by atoms with Gasteiger partial charge in [0, 0.05) is 48.6 Å². The summed E-state index contributed by atoms with van der Waals surface area (Å²) in [6.45, 7) is 8.14. The lowest BCUT2D eigenvalue weighted by atomic mass is 10.2. The highest BCUT2D eigenvalue weighted by atomic mass is 127. The lowest BCUT2D eigenvalue weighted by Gasteiger charge is -2.17. The zero-order valence-electron chi connectivity index (χ0n) is 15.6. The van der Waals surface area contributed by atoms with Crippen LogP contribution < -0.4 is 10.6 Å². The predicted octanol–water partition coefficient (Wildman–Crippen LogP) is 3.53. The molecule has 2 rings (SSSR count). The number of halogens is 1. The quantitative estimate of drug-likeness (QED) is 0.266. The number of aliphatic imine (C=N–C) groups is 1. The van der Waals surface area contributed by atoms with Gasteiger partial charge in [-0.3, -0.25) is 9.67 Å². The molecule has 2 aromatic rings. The molecule has 0 aliphatic rings. The summed E-state index contributed by atoms with van der Waals surface area (Å²) < 4.78 is 1.85. The van der Waals surface area contributed by atoms with Crippen molar-refractivity contribution in [1.29, 1.82) is 0 Å². The SMILES string of the molecule is CCNC(=NCCCc1cnn(C)c1)NC(C)Cc1ccc(C)s1.I. The summed E-state index contributed by atoms with van der Waals surface area (Å²) in [7, 11) is 1.95. The van der Waals surface area contributed by atoms with E-state index in [-0.39, 0.29) is 24.0 Å². The Kier molecular flexibility index (Phi) is 10.1. The summed E-state index contributed by atoms with van der Waals surface area (Å²) in [6.07, 6.45) is 7.07. The average molecular weight is 475 g/mol. The van der Waals surface area contributed by atoms with E-state index >= 15 is 0 Å². The van der Waals surface area contributed by atoms with Crippen LogP contribution in [-0.2, 0) is 19.9 Å². The van der Waals surface area contributed by atoms with E-state index in [0.29, 0.717) is 6.04 Å². The molecule has 0 aromatic carbocycles. The highest BCUT2D eigenvalue weighted by Crippen LogP contribution is 2.16. The van der Waals surface area contributed by atoms with Crippen molar-refractivity contribution in [3.8, 4) is 0 Å². The van der Waals surface area contributed by atoms with Gasteiger partial charge in [0.1, 0.15) is 0 Å². The maximum Gasteiger partial charge on any atom is 0.191 e. The van der Waals surface area contributed by atoms with E-state index in [0.717, 1.165) is 38.3 Å². The van der Waals surface area contributed by atoms with E-state index in [4.69, 9.17) is 4.99 Å². The third-order valence-corrected chi connectivity index (χ3v) is 4.71. The number of guanidine groups is 1. The van der Waals surface area contributed by atoms with Gasteiger partial charge in [-0.05, 0) is 51.3 Å². The van der Waals surface area contributed by atoms with E-state index in [1.165, 1.54) is 15.3 Å². The van der Waals surface area contributed by atoms with Gasteiger partial charge in [-0.1, -0.05) is 0 Å². The average Bonchev–Trinajstić information content (AvgIpc) is 3.12. The van der Waals surface area contributed by atoms with Crippen LogP contribution in [0.3, 0.4) is 0 Å². The van der Waals surface area contributed by atoms with E-state index in [2.05, 4.69) is 54.8 Å². The smallest absolute Gasteiger partial charge is 0.191 e. The van der Waals surface area contributed by atoms with Gasteiger partial charge in [-0.25, -0.2) is 0 Å². The Bertz CT molecular complexity index is 649. The monoisotopic (exact) mass is 475 g/mol. The number of nitrogens with zero attached hydrogens (tertiary/aromatic N) is 3. The van der Waals surface area contributed by atoms with E-state index < -0.39 is 0 Å². The number of thiophene rings is 1. The van der Waals surface area contributed by atoms with Crippen LogP contribution in [0.25, 0.3) is 0 Å². The number of nitrogens with one attached hydrogen (secondary N) is 2. The molecular weight excluding hydrogens is 445 g/mol. The van der Waals surface area contributed by atoms with Crippen molar-refractivity contribution in [3.05, 3.63) is 39.8 Å². The number of hydrogen-bond donors (Lipinski definition) is 2. The summed E-state index contributed by atoms with van der Waals surface area (Å²) in [5.41, 5.74) is 1.27. The minimum absolute atomic E-state index is 0. The molecule has 2 N–H and O–H groups in total. The Morgan fingerprint density at radius 3 is 2.80 bits per heavy atom. The van der Waals surface area contributed by atoms with Crippen molar-refractivity contribution in [1.82, 2.24) is 20.4 Å². The van der Waals surface area contributed by atoms with Gasteiger partial charge in [0.05, 0.1) is 6.20 Å². The van der Waals surface area contributed by atoms with Crippen molar-refractivity contribution < 1.29 is 0 Å². The van der Waals surface area contributed by atoms with Gasteiger partial charge >= 0.3 is 0 Å². The Morgan fingerprint density at radius 2 is 2.20 bits per heavy atom. The fraction of sp³-hybridized carbons (Fsp3) is 0.556. The number of rotatable bonds is 8. The number of hydrogen-bond acceptors (Lipinski definition) is 3. The second kappa shape index (κ2) is 11.5. The van der Waals surface area contributed by atoms with Crippen molar-refractivity contribution >= 4 is 41.3 Å². The predicted molar refractivity (Wildman–Crippen MR) is 118 cm³/mol. The molecule has 0 spiro atoms. The van der Waals surface area contributed by atoms with Gasteiger partial charge in [0.2, 0.25) is 0 Å². The van der Waals surface area contributed by atoms with Crippen molar-refractivity contribution in [2.45, 2.75) is 46.1 Å². The maximum absolute atomic E-state index is 4.69. The highest BCUT2D eigenvalue weighted by Gasteiger charge is 2.07. The van der Waals surface area contributed by atoms with Gasteiger partial charge in [0.25, 0.3) is 0 Å². The van der Waals surface area contributed by atoms with Crippen LogP contribution in [0.4, 0.5) is 0 Å². The Morgan fingerprint density at radius 1 is 1.40 bits per heavy atom. The van der Waals surface area contributed by atoms with Crippen LogP contribution in [0.1, 0.15) is 35.6 Å². The fourth-order valence-corrected chi connectivity index (χ4v) is 3.60. The van der Waals surface area contributed by atoms with E-state index in [9.17, 15) is 0 Å². The first-order chi connectivity index (χ1) is 11.6. The first kappa shape index (κ1) is 22.0. The molecule has 0 fully saturated rings. The molecular formula is C18H30IN5S. The molecule has 7 heteroatoms. The summed E-state index contributed by atoms with van der Waals surface area (Å²) in [5.74, 6) is 0.907. The zero-order chi connectivity index (χ0) is 17.4. The molecule has 0 amide bonds. The standard InChI is InChI=1S/C18H29N5S.HI/c1-5-19-18(20-10-6-7-16-12-21-23(4)13-16)22-14(2)11-17-9-8-15(3)24-17;/h8-9,12-14H,5-7,10-11H2,1-4H3,(H2,19,20,22);1H. The molecule has 25 heavy (non-hydrogen) atoms. The second-order valence-electron chi connectivity index (χ2n) is 6.15. The zero-order valence-corrected chi connectivity index (χ0v) is 18.7. The first-order valence-electron chi connectivity index (χ1n) is 8.64. The molecule has 0 bridgehead atoms. The van der Waals surface area contributed by atoms with Crippen molar-refractivity contribution in [2.24, 2.45) is 12.0 Å². The molecule has 2 heterocycles. The molecule has 2 aromatic heterocycles. The van der Waals surface area contributed by atoms with Crippen LogP contribution in [0.2, 0.25) is 0 Å². The van der Waals surface area contributed by atoms with Gasteiger partial charge in [-0.2, -0.15) is 5.10 Å². The second-order valence-corrected chi connectivity index (χ2v) is 7.52. The van der Waals surface area contributed by atoms with Crippen LogP contribution in [0.5, 0.6) is 0 Å². The molecule has 0 aliphatic carbocycles. The molecule has 140 valence electrons. The van der Waals surface area contributed by atoms with Crippen molar-refractivity contribution in [3.63, 3.8) is 0 Å². The summed E-state index contributed by atoms with van der Waals surface area (Å²) in [5, 5.41) is 11.0. The van der Waals surface area contributed by atoms with Crippen molar-refractivity contribution in [2.75, 3.05) is 13.1 Å². The first-order valence-corrected chi connectivity index (χ1v) is 9.46. The maximum atomic E-state index is 4.69. The minimum atomic E-state index is 0. The van der Waals surface area contributed by atoms with Crippen LogP contribution >= 0.6 is 35.3 Å². The number of aromatic nitrogens is 2. The van der Waals surface area contributed by atoms with Gasteiger partial charge in [0.15, 0.2) is 5.96 Å². The van der Waals surface area contributed by atoms with Gasteiger partial charge < -0.3 is 10.6 Å². The molecule has 0 saturated carbocycles. The normalized spacial score (nSPS) is 12.6. The molecule has 1 atom stereocenters. The molecule has 0 radical (unpaired) electrons. The summed E-state index contributed by atoms with van der Waals surface area (Å²) in [4.78, 5) is 7.48. The van der Waals surface area contributed by atoms with Crippen LogP contribution in [0.15, 0.2) is 29.5 Å². The lowest BCUT2D eigenvalue weighted by Crippen LogP contribution is -2.43. The van der Waals surface area contributed by atoms with E-state index in [1.807, 2.05) is 29.3 Å². The van der Waals surface area contributed by atoms with Crippen LogP contribution in [0, 0.1) is 6.92 Å². The largest absolute Gasteiger partial charge is 0.357 e. The van der Waals surface area contributed by atoms with E-state index in [1.54, 1.807) is 0 Å². The molecule has 0 saturated heterocycles. The third-order valence-electron chi connectivity index (χ3n) is 3.68. The van der Waals surface area contributed by atoms with Crippen LogP contribution in [-0.4, -0.2) is 34.9 Å². The lowest BCUT2D eigenvalue weighted by molar-refractivity contribution is 0.644.